The van der Waals surface area contributed by atoms with Gasteiger partial charge in [-0.3, -0.25) is 4.79 Å². The summed E-state index contributed by atoms with van der Waals surface area (Å²) in [6, 6.07) is -0.389. The molecular weight excluding hydrogens is 190 g/mol. The Kier molecular flexibility index (Phi) is 3.08. The van der Waals surface area contributed by atoms with E-state index in [4.69, 9.17) is 4.74 Å². The first-order valence-corrected chi connectivity index (χ1v) is 5.58. The van der Waals surface area contributed by atoms with E-state index in [1.807, 2.05) is 20.8 Å². The fourth-order valence-corrected chi connectivity index (χ4v) is 2.14. The number of carbonyl (C=O) groups is 1. The van der Waals surface area contributed by atoms with E-state index < -0.39 is 16.6 Å². The van der Waals surface area contributed by atoms with Gasteiger partial charge in [-0.15, -0.1) is 0 Å². The van der Waals surface area contributed by atoms with Gasteiger partial charge < -0.3 is 4.74 Å². The molecule has 1 aliphatic rings. The van der Waals surface area contributed by atoms with Crippen molar-refractivity contribution in [2.75, 3.05) is 5.75 Å². The standard InChI is InChI=1S/C8H15NO3S/c1-8(2,3)12-7(10)6-4-5-13(11)9-6/h6,9H,4-5H2,1-3H3/t6-,13?/m1/s1. The number of hydrogen-bond acceptors (Lipinski definition) is 3. The molecule has 1 N–H and O–H groups in total. The lowest BCUT2D eigenvalue weighted by Gasteiger charge is -2.21. The summed E-state index contributed by atoms with van der Waals surface area (Å²) in [5.41, 5.74) is -0.469. The number of esters is 1. The molecule has 0 saturated carbocycles. The third kappa shape index (κ3) is 3.44. The van der Waals surface area contributed by atoms with Crippen LogP contribution in [-0.2, 0) is 20.5 Å². The number of rotatable bonds is 1. The number of nitrogens with one attached hydrogen (secondary N) is 1. The maximum absolute atomic E-state index is 11.4. The molecule has 0 aromatic rings. The van der Waals surface area contributed by atoms with Crippen LogP contribution in [0.3, 0.4) is 0 Å². The SMILES string of the molecule is CC(C)(C)OC(=O)[C@H]1CCS(=O)N1. The van der Waals surface area contributed by atoms with Crippen LogP contribution in [0.5, 0.6) is 0 Å². The average molecular weight is 205 g/mol. The van der Waals surface area contributed by atoms with Crippen LogP contribution in [0.15, 0.2) is 0 Å². The first-order chi connectivity index (χ1) is 5.88. The summed E-state index contributed by atoms with van der Waals surface area (Å²) >= 11 is 0. The Bertz CT molecular complexity index is 234. The highest BCUT2D eigenvalue weighted by Crippen LogP contribution is 2.12. The normalized spacial score (nSPS) is 28.8. The summed E-state index contributed by atoms with van der Waals surface area (Å²) in [4.78, 5) is 11.4. The number of ether oxygens (including phenoxy) is 1. The Hall–Kier alpha value is -0.420. The Morgan fingerprint density at radius 2 is 2.15 bits per heavy atom. The number of hydrogen-bond donors (Lipinski definition) is 1. The molecule has 5 heteroatoms. The van der Waals surface area contributed by atoms with Crippen molar-refractivity contribution >= 4 is 17.0 Å². The van der Waals surface area contributed by atoms with Crippen LogP contribution in [0.25, 0.3) is 0 Å². The third-order valence-electron chi connectivity index (χ3n) is 1.56. The minimum absolute atomic E-state index is 0.307. The Balaban J connectivity index is 2.45. The molecular formula is C8H15NO3S. The van der Waals surface area contributed by atoms with Crippen LogP contribution >= 0.6 is 0 Å². The van der Waals surface area contributed by atoms with Gasteiger partial charge in [0, 0.05) is 5.75 Å². The van der Waals surface area contributed by atoms with Crippen molar-refractivity contribution in [2.45, 2.75) is 38.8 Å². The zero-order chi connectivity index (χ0) is 10.1. The second-order valence-corrected chi connectivity index (χ2v) is 5.38. The fraction of sp³-hybridized carbons (Fsp3) is 0.875. The van der Waals surface area contributed by atoms with E-state index in [-0.39, 0.29) is 12.0 Å². The third-order valence-corrected chi connectivity index (χ3v) is 2.71. The van der Waals surface area contributed by atoms with Gasteiger partial charge in [-0.25, -0.2) is 8.93 Å². The monoisotopic (exact) mass is 205 g/mol. The van der Waals surface area contributed by atoms with Crippen molar-refractivity contribution < 1.29 is 13.7 Å². The zero-order valence-electron chi connectivity index (χ0n) is 8.12. The van der Waals surface area contributed by atoms with E-state index in [2.05, 4.69) is 4.72 Å². The van der Waals surface area contributed by atoms with E-state index in [0.29, 0.717) is 12.2 Å². The van der Waals surface area contributed by atoms with E-state index >= 15 is 0 Å². The molecule has 0 radical (unpaired) electrons. The molecule has 1 heterocycles. The van der Waals surface area contributed by atoms with Crippen molar-refractivity contribution in [3.05, 3.63) is 0 Å². The highest BCUT2D eigenvalue weighted by molar-refractivity contribution is 7.83. The van der Waals surface area contributed by atoms with Gasteiger partial charge >= 0.3 is 5.97 Å². The van der Waals surface area contributed by atoms with Gasteiger partial charge in [0.25, 0.3) is 0 Å². The summed E-state index contributed by atoms with van der Waals surface area (Å²) in [7, 11) is -1.05. The second kappa shape index (κ2) is 3.75. The number of carbonyl (C=O) groups excluding carboxylic acids is 1. The lowest BCUT2D eigenvalue weighted by atomic mass is 10.2. The predicted molar refractivity (Wildman–Crippen MR) is 50.4 cm³/mol. The molecule has 1 saturated heterocycles. The van der Waals surface area contributed by atoms with Gasteiger partial charge in [-0.05, 0) is 27.2 Å². The molecule has 1 aliphatic heterocycles. The maximum atomic E-state index is 11.4. The largest absolute Gasteiger partial charge is 0.459 e. The summed E-state index contributed by atoms with van der Waals surface area (Å²) in [6.45, 7) is 5.45. The van der Waals surface area contributed by atoms with E-state index in [9.17, 15) is 9.00 Å². The van der Waals surface area contributed by atoms with Crippen LogP contribution in [0, 0.1) is 0 Å². The topological polar surface area (TPSA) is 55.4 Å². The van der Waals surface area contributed by atoms with Crippen LogP contribution in [0.2, 0.25) is 0 Å². The second-order valence-electron chi connectivity index (χ2n) is 4.04. The van der Waals surface area contributed by atoms with Gasteiger partial charge in [-0.2, -0.15) is 0 Å². The van der Waals surface area contributed by atoms with Crippen molar-refractivity contribution in [2.24, 2.45) is 0 Å². The van der Waals surface area contributed by atoms with Crippen molar-refractivity contribution in [1.29, 1.82) is 0 Å². The van der Waals surface area contributed by atoms with Crippen molar-refractivity contribution in [3.63, 3.8) is 0 Å². The molecule has 0 spiro atoms. The summed E-state index contributed by atoms with van der Waals surface area (Å²) in [6.07, 6.45) is 0.599. The van der Waals surface area contributed by atoms with Crippen LogP contribution < -0.4 is 4.72 Å². The van der Waals surface area contributed by atoms with Crippen LogP contribution in [0.4, 0.5) is 0 Å². The van der Waals surface area contributed by atoms with Gasteiger partial charge in [-0.1, -0.05) is 0 Å². The zero-order valence-corrected chi connectivity index (χ0v) is 8.94. The molecule has 0 bridgehead atoms. The molecule has 13 heavy (non-hydrogen) atoms. The highest BCUT2D eigenvalue weighted by atomic mass is 32.2. The lowest BCUT2D eigenvalue weighted by molar-refractivity contribution is -0.156. The minimum Gasteiger partial charge on any atom is -0.459 e. The van der Waals surface area contributed by atoms with E-state index in [1.54, 1.807) is 0 Å². The Morgan fingerprint density at radius 3 is 2.54 bits per heavy atom. The molecule has 0 amide bonds. The minimum atomic E-state index is -1.05. The quantitative estimate of drug-likeness (QED) is 0.629. The van der Waals surface area contributed by atoms with Gasteiger partial charge in [0.15, 0.2) is 0 Å². The summed E-state index contributed by atoms with van der Waals surface area (Å²) < 4.78 is 18.7. The van der Waals surface area contributed by atoms with E-state index in [0.717, 1.165) is 0 Å². The fourth-order valence-electron chi connectivity index (χ4n) is 1.04. The molecule has 76 valence electrons. The van der Waals surface area contributed by atoms with Gasteiger partial charge in [0.05, 0.1) is 11.0 Å². The summed E-state index contributed by atoms with van der Waals surface area (Å²) in [5.74, 6) is 0.225. The lowest BCUT2D eigenvalue weighted by Crippen LogP contribution is -2.37. The molecule has 4 nitrogen and oxygen atoms in total. The Morgan fingerprint density at radius 1 is 1.54 bits per heavy atom. The molecule has 1 rings (SSSR count). The molecule has 2 atom stereocenters. The van der Waals surface area contributed by atoms with Gasteiger partial charge in [0.1, 0.15) is 11.6 Å². The van der Waals surface area contributed by atoms with E-state index in [1.165, 1.54) is 0 Å². The molecule has 0 aliphatic carbocycles. The molecule has 1 fully saturated rings. The average Bonchev–Trinajstić information content (AvgIpc) is 2.31. The highest BCUT2D eigenvalue weighted by Gasteiger charge is 2.30. The maximum Gasteiger partial charge on any atom is 0.324 e. The summed E-state index contributed by atoms with van der Waals surface area (Å²) in [5, 5.41) is 0. The molecule has 0 aromatic heterocycles. The smallest absolute Gasteiger partial charge is 0.324 e. The van der Waals surface area contributed by atoms with Crippen LogP contribution in [-0.4, -0.2) is 27.6 Å². The first-order valence-electron chi connectivity index (χ1n) is 4.26. The van der Waals surface area contributed by atoms with Gasteiger partial charge in [0.2, 0.25) is 0 Å². The van der Waals surface area contributed by atoms with Crippen LogP contribution in [0.1, 0.15) is 27.2 Å². The first kappa shape index (κ1) is 10.7. The van der Waals surface area contributed by atoms with Crippen molar-refractivity contribution in [3.8, 4) is 0 Å². The Labute approximate surface area is 80.6 Å². The molecule has 1 unspecified atom stereocenters. The van der Waals surface area contributed by atoms with Crippen molar-refractivity contribution in [1.82, 2.24) is 4.72 Å². The molecule has 0 aromatic carbocycles. The predicted octanol–water partition coefficient (Wildman–Crippen LogP) is 0.354.